The van der Waals surface area contributed by atoms with E-state index >= 15 is 0 Å². The van der Waals surface area contributed by atoms with Crippen molar-refractivity contribution in [1.82, 2.24) is 0 Å². The maximum atomic E-state index is 13.3. The molecule has 0 aromatic heterocycles. The Balaban J connectivity index is 3.05. The number of halogens is 2. The van der Waals surface area contributed by atoms with Gasteiger partial charge in [0.25, 0.3) is 0 Å². The fourth-order valence-electron chi connectivity index (χ4n) is 1.41. The Kier molecular flexibility index (Phi) is 3.75. The second kappa shape index (κ2) is 4.85. The molecule has 0 saturated heterocycles. The average molecular weight is 210 g/mol. The number of nitrogens with two attached hydrogens (primary N) is 1. The standard InChI is InChI=1S/C11H12F2N2/c1-2-7(6-14)11(15)9-5-8(12)3-4-10(9)13/h3-5,7,11H,2,15H2,1H3. The molecular formula is C11H12F2N2. The summed E-state index contributed by atoms with van der Waals surface area (Å²) in [6.07, 6.45) is 0.508. The van der Waals surface area contributed by atoms with Crippen LogP contribution in [0.5, 0.6) is 0 Å². The van der Waals surface area contributed by atoms with E-state index in [0.29, 0.717) is 6.42 Å². The summed E-state index contributed by atoms with van der Waals surface area (Å²) in [5.74, 6) is -1.62. The Morgan fingerprint density at radius 1 is 1.47 bits per heavy atom. The molecule has 2 nitrogen and oxygen atoms in total. The highest BCUT2D eigenvalue weighted by atomic mass is 19.1. The quantitative estimate of drug-likeness (QED) is 0.833. The van der Waals surface area contributed by atoms with Crippen molar-refractivity contribution in [3.8, 4) is 6.07 Å². The van der Waals surface area contributed by atoms with Gasteiger partial charge in [0, 0.05) is 11.6 Å². The van der Waals surface area contributed by atoms with Crippen LogP contribution in [0.4, 0.5) is 8.78 Å². The fourth-order valence-corrected chi connectivity index (χ4v) is 1.41. The lowest BCUT2D eigenvalue weighted by Gasteiger charge is -2.16. The van der Waals surface area contributed by atoms with Crippen LogP contribution in [0.25, 0.3) is 0 Å². The van der Waals surface area contributed by atoms with Gasteiger partial charge in [-0.25, -0.2) is 8.78 Å². The van der Waals surface area contributed by atoms with Gasteiger partial charge < -0.3 is 5.73 Å². The van der Waals surface area contributed by atoms with Crippen LogP contribution >= 0.6 is 0 Å². The molecule has 1 aromatic rings. The molecule has 0 aliphatic heterocycles. The molecule has 1 aromatic carbocycles. The Bertz CT molecular complexity index is 385. The van der Waals surface area contributed by atoms with Gasteiger partial charge in [0.05, 0.1) is 12.0 Å². The maximum absolute atomic E-state index is 13.3. The Labute approximate surface area is 87.3 Å². The summed E-state index contributed by atoms with van der Waals surface area (Å²) >= 11 is 0. The zero-order valence-electron chi connectivity index (χ0n) is 8.37. The molecule has 1 rings (SSSR count). The third-order valence-corrected chi connectivity index (χ3v) is 2.36. The summed E-state index contributed by atoms with van der Waals surface area (Å²) in [5.41, 5.74) is 5.76. The summed E-state index contributed by atoms with van der Waals surface area (Å²) < 4.78 is 26.2. The van der Waals surface area contributed by atoms with E-state index < -0.39 is 23.6 Å². The van der Waals surface area contributed by atoms with Crippen molar-refractivity contribution in [2.45, 2.75) is 19.4 Å². The second-order valence-corrected chi connectivity index (χ2v) is 3.34. The molecule has 2 N–H and O–H groups in total. The van der Waals surface area contributed by atoms with Gasteiger partial charge in [0.1, 0.15) is 11.6 Å². The van der Waals surface area contributed by atoms with Crippen LogP contribution in [0.2, 0.25) is 0 Å². The largest absolute Gasteiger partial charge is 0.323 e. The highest BCUT2D eigenvalue weighted by Crippen LogP contribution is 2.24. The van der Waals surface area contributed by atoms with Gasteiger partial charge >= 0.3 is 0 Å². The van der Waals surface area contributed by atoms with Crippen LogP contribution in [0, 0.1) is 28.9 Å². The zero-order chi connectivity index (χ0) is 11.4. The van der Waals surface area contributed by atoms with E-state index in [4.69, 9.17) is 11.0 Å². The van der Waals surface area contributed by atoms with Gasteiger partial charge in [0.15, 0.2) is 0 Å². The molecule has 0 saturated carbocycles. The second-order valence-electron chi connectivity index (χ2n) is 3.34. The highest BCUT2D eigenvalue weighted by Gasteiger charge is 2.20. The van der Waals surface area contributed by atoms with Crippen LogP contribution in [-0.2, 0) is 0 Å². The van der Waals surface area contributed by atoms with Crippen molar-refractivity contribution in [3.05, 3.63) is 35.4 Å². The predicted molar refractivity (Wildman–Crippen MR) is 52.7 cm³/mol. The number of nitrogens with zero attached hydrogens (tertiary/aromatic N) is 1. The molecule has 2 unspecified atom stereocenters. The van der Waals surface area contributed by atoms with Crippen LogP contribution in [0.3, 0.4) is 0 Å². The van der Waals surface area contributed by atoms with Gasteiger partial charge in [-0.15, -0.1) is 0 Å². The lowest BCUT2D eigenvalue weighted by Crippen LogP contribution is -2.21. The molecule has 0 amide bonds. The summed E-state index contributed by atoms with van der Waals surface area (Å²) in [4.78, 5) is 0. The molecule has 0 aliphatic carbocycles. The van der Waals surface area contributed by atoms with Crippen LogP contribution in [0.1, 0.15) is 24.9 Å². The van der Waals surface area contributed by atoms with Gasteiger partial charge in [-0.3, -0.25) is 0 Å². The molecule has 0 bridgehead atoms. The van der Waals surface area contributed by atoms with E-state index in [9.17, 15) is 8.78 Å². The monoisotopic (exact) mass is 210 g/mol. The number of benzene rings is 1. The minimum Gasteiger partial charge on any atom is -0.323 e. The van der Waals surface area contributed by atoms with E-state index in [-0.39, 0.29) is 5.56 Å². The van der Waals surface area contributed by atoms with Crippen molar-refractivity contribution in [1.29, 1.82) is 5.26 Å². The Hall–Kier alpha value is -1.47. The molecule has 80 valence electrons. The molecule has 0 heterocycles. The molecule has 0 fully saturated rings. The lowest BCUT2D eigenvalue weighted by molar-refractivity contribution is 0.483. The first-order valence-corrected chi connectivity index (χ1v) is 4.70. The number of rotatable bonds is 3. The summed E-state index contributed by atoms with van der Waals surface area (Å²) in [7, 11) is 0. The minimum absolute atomic E-state index is 0.0587. The SMILES string of the molecule is CCC(C#N)C(N)c1cc(F)ccc1F. The number of hydrogen-bond acceptors (Lipinski definition) is 2. The van der Waals surface area contributed by atoms with E-state index in [2.05, 4.69) is 0 Å². The first-order chi connectivity index (χ1) is 7.10. The fraction of sp³-hybridized carbons (Fsp3) is 0.364. The van der Waals surface area contributed by atoms with Crippen LogP contribution < -0.4 is 5.73 Å². The van der Waals surface area contributed by atoms with Crippen molar-refractivity contribution >= 4 is 0 Å². The van der Waals surface area contributed by atoms with Crippen LogP contribution in [-0.4, -0.2) is 0 Å². The van der Waals surface area contributed by atoms with Crippen molar-refractivity contribution in [2.24, 2.45) is 11.7 Å². The average Bonchev–Trinajstić information content (AvgIpc) is 2.23. The van der Waals surface area contributed by atoms with E-state index in [1.807, 2.05) is 6.07 Å². The van der Waals surface area contributed by atoms with Crippen molar-refractivity contribution < 1.29 is 8.78 Å². The van der Waals surface area contributed by atoms with Crippen molar-refractivity contribution in [2.75, 3.05) is 0 Å². The molecule has 15 heavy (non-hydrogen) atoms. The van der Waals surface area contributed by atoms with E-state index in [0.717, 1.165) is 18.2 Å². The molecule has 4 heteroatoms. The summed E-state index contributed by atoms with van der Waals surface area (Å²) in [6.45, 7) is 1.78. The predicted octanol–water partition coefficient (Wildman–Crippen LogP) is 2.51. The number of hydrogen-bond donors (Lipinski definition) is 1. The topological polar surface area (TPSA) is 49.8 Å². The molecule has 0 radical (unpaired) electrons. The third-order valence-electron chi connectivity index (χ3n) is 2.36. The smallest absolute Gasteiger partial charge is 0.128 e. The van der Waals surface area contributed by atoms with E-state index in [1.165, 1.54) is 0 Å². The molecular weight excluding hydrogens is 198 g/mol. The molecule has 2 atom stereocenters. The first-order valence-electron chi connectivity index (χ1n) is 4.70. The normalized spacial score (nSPS) is 14.3. The first kappa shape index (κ1) is 11.6. The number of nitriles is 1. The Morgan fingerprint density at radius 2 is 2.13 bits per heavy atom. The lowest BCUT2D eigenvalue weighted by atomic mass is 9.92. The van der Waals surface area contributed by atoms with E-state index in [1.54, 1.807) is 6.92 Å². The van der Waals surface area contributed by atoms with Gasteiger partial charge in [-0.1, -0.05) is 6.92 Å². The van der Waals surface area contributed by atoms with Crippen LogP contribution in [0.15, 0.2) is 18.2 Å². The maximum Gasteiger partial charge on any atom is 0.128 e. The minimum atomic E-state index is -0.782. The highest BCUT2D eigenvalue weighted by molar-refractivity contribution is 5.24. The summed E-state index contributed by atoms with van der Waals surface area (Å²) in [5, 5.41) is 8.77. The van der Waals surface area contributed by atoms with Gasteiger partial charge in [-0.05, 0) is 24.6 Å². The zero-order valence-corrected chi connectivity index (χ0v) is 8.37. The van der Waals surface area contributed by atoms with Gasteiger partial charge in [-0.2, -0.15) is 5.26 Å². The molecule has 0 aliphatic rings. The molecule has 0 spiro atoms. The van der Waals surface area contributed by atoms with Gasteiger partial charge in [0.2, 0.25) is 0 Å². The summed E-state index contributed by atoms with van der Waals surface area (Å²) in [6, 6.07) is 4.29. The van der Waals surface area contributed by atoms with Crippen molar-refractivity contribution in [3.63, 3.8) is 0 Å². The third kappa shape index (κ3) is 2.51. The Morgan fingerprint density at radius 3 is 2.67 bits per heavy atom.